The number of carbonyl (C=O) groups excluding carboxylic acids is 1. The molecule has 0 fully saturated rings. The van der Waals surface area contributed by atoms with E-state index in [1.165, 1.54) is 36.3 Å². The summed E-state index contributed by atoms with van der Waals surface area (Å²) in [6, 6.07) is 2.78. The van der Waals surface area contributed by atoms with E-state index in [0.717, 1.165) is 0 Å². The van der Waals surface area contributed by atoms with Gasteiger partial charge in [-0.3, -0.25) is 4.79 Å². The fourth-order valence-corrected chi connectivity index (χ4v) is 1.60. The number of halogens is 1. The molecule has 8 heteroatoms. The second-order valence-electron chi connectivity index (χ2n) is 3.55. The molecule has 0 atom stereocenters. The van der Waals surface area contributed by atoms with Crippen molar-refractivity contribution in [3.63, 3.8) is 0 Å². The van der Waals surface area contributed by atoms with E-state index in [9.17, 15) is 9.59 Å². The third kappa shape index (κ3) is 2.55. The molecule has 2 aromatic rings. The molecule has 98 valence electrons. The maximum atomic E-state index is 11.4. The lowest BCUT2D eigenvalue weighted by molar-refractivity contribution is 0.0696. The summed E-state index contributed by atoms with van der Waals surface area (Å²) in [7, 11) is 1.49. The quantitative estimate of drug-likeness (QED) is 0.873. The SMILES string of the molecule is CNC(=O)c1ccn(-c2cc(C(=O)O)c(Cl)cn2)n1. The standard InChI is InChI=1S/C11H9ClN4O3/c1-13-10(17)8-2-3-16(15-8)9-4-6(11(18)19)7(12)5-14-9/h2-5H,1H3,(H,13,17)(H,18,19). The molecule has 2 N–H and O–H groups in total. The number of pyridine rings is 1. The monoisotopic (exact) mass is 280 g/mol. The molecular weight excluding hydrogens is 272 g/mol. The van der Waals surface area contributed by atoms with Crippen molar-refractivity contribution in [1.29, 1.82) is 0 Å². The molecular formula is C11H9ClN4O3. The van der Waals surface area contributed by atoms with Crippen LogP contribution in [-0.2, 0) is 0 Å². The minimum absolute atomic E-state index is 0.0370. The van der Waals surface area contributed by atoms with Crippen molar-refractivity contribution < 1.29 is 14.7 Å². The van der Waals surface area contributed by atoms with Crippen LogP contribution in [0.4, 0.5) is 0 Å². The van der Waals surface area contributed by atoms with Crippen molar-refractivity contribution >= 4 is 23.5 Å². The zero-order chi connectivity index (χ0) is 14.0. The van der Waals surface area contributed by atoms with E-state index in [-0.39, 0.29) is 28.0 Å². The predicted molar refractivity (Wildman–Crippen MR) is 66.7 cm³/mol. The number of carboxylic acid groups (broad SMARTS) is 1. The lowest BCUT2D eigenvalue weighted by atomic mass is 10.2. The fraction of sp³-hybridized carbons (Fsp3) is 0.0909. The molecule has 0 spiro atoms. The normalized spacial score (nSPS) is 10.2. The Bertz CT molecular complexity index is 653. The molecule has 2 aromatic heterocycles. The Labute approximate surface area is 112 Å². The first-order chi connectivity index (χ1) is 9.02. The highest BCUT2D eigenvalue weighted by Crippen LogP contribution is 2.17. The van der Waals surface area contributed by atoms with Gasteiger partial charge in [-0.15, -0.1) is 0 Å². The van der Waals surface area contributed by atoms with E-state index < -0.39 is 5.97 Å². The summed E-state index contributed by atoms with van der Waals surface area (Å²) in [6.07, 6.45) is 2.73. The average Bonchev–Trinajstić information content (AvgIpc) is 2.87. The van der Waals surface area contributed by atoms with Crippen molar-refractivity contribution in [3.05, 3.63) is 40.8 Å². The van der Waals surface area contributed by atoms with E-state index in [4.69, 9.17) is 16.7 Å². The van der Waals surface area contributed by atoms with Crippen LogP contribution in [0.2, 0.25) is 5.02 Å². The molecule has 0 aliphatic heterocycles. The van der Waals surface area contributed by atoms with Crippen LogP contribution in [0, 0.1) is 0 Å². The summed E-state index contributed by atoms with van der Waals surface area (Å²) in [5.74, 6) is -1.24. The largest absolute Gasteiger partial charge is 0.478 e. The van der Waals surface area contributed by atoms with Crippen LogP contribution in [0.5, 0.6) is 0 Å². The molecule has 0 radical (unpaired) electrons. The van der Waals surface area contributed by atoms with Crippen molar-refractivity contribution in [2.24, 2.45) is 0 Å². The summed E-state index contributed by atoms with van der Waals surface area (Å²) >= 11 is 5.72. The zero-order valence-corrected chi connectivity index (χ0v) is 10.5. The van der Waals surface area contributed by atoms with Crippen LogP contribution in [0.1, 0.15) is 20.8 Å². The molecule has 2 rings (SSSR count). The van der Waals surface area contributed by atoms with Crippen LogP contribution >= 0.6 is 11.6 Å². The summed E-state index contributed by atoms with van der Waals surface area (Å²) in [5.41, 5.74) is 0.125. The highest BCUT2D eigenvalue weighted by molar-refractivity contribution is 6.33. The second kappa shape index (κ2) is 5.07. The van der Waals surface area contributed by atoms with Gasteiger partial charge < -0.3 is 10.4 Å². The average molecular weight is 281 g/mol. The van der Waals surface area contributed by atoms with Crippen molar-refractivity contribution in [3.8, 4) is 5.82 Å². The third-order valence-electron chi connectivity index (χ3n) is 2.35. The van der Waals surface area contributed by atoms with Crippen molar-refractivity contribution in [2.75, 3.05) is 7.05 Å². The number of hydrogen-bond acceptors (Lipinski definition) is 4. The van der Waals surface area contributed by atoms with Gasteiger partial charge in [0.2, 0.25) is 0 Å². The molecule has 0 saturated heterocycles. The molecule has 0 bridgehead atoms. The van der Waals surface area contributed by atoms with Gasteiger partial charge in [-0.05, 0) is 12.1 Å². The zero-order valence-electron chi connectivity index (χ0n) is 9.79. The molecule has 0 saturated carbocycles. The fourth-order valence-electron chi connectivity index (χ4n) is 1.42. The van der Waals surface area contributed by atoms with Gasteiger partial charge in [0.05, 0.1) is 10.6 Å². The van der Waals surface area contributed by atoms with E-state index >= 15 is 0 Å². The molecule has 19 heavy (non-hydrogen) atoms. The Morgan fingerprint density at radius 3 is 2.84 bits per heavy atom. The number of carboxylic acids is 1. The Balaban J connectivity index is 2.42. The maximum Gasteiger partial charge on any atom is 0.337 e. The van der Waals surface area contributed by atoms with Gasteiger partial charge in [-0.2, -0.15) is 5.10 Å². The van der Waals surface area contributed by atoms with Gasteiger partial charge in [0.15, 0.2) is 11.5 Å². The summed E-state index contributed by atoms with van der Waals surface area (Å²) in [5, 5.41) is 15.4. The van der Waals surface area contributed by atoms with Gasteiger partial charge >= 0.3 is 5.97 Å². The first-order valence-electron chi connectivity index (χ1n) is 5.20. The highest BCUT2D eigenvalue weighted by atomic mass is 35.5. The summed E-state index contributed by atoms with van der Waals surface area (Å²) in [6.45, 7) is 0. The van der Waals surface area contributed by atoms with Gasteiger partial charge in [-0.25, -0.2) is 14.5 Å². The smallest absolute Gasteiger partial charge is 0.337 e. The van der Waals surface area contributed by atoms with E-state index in [1.54, 1.807) is 0 Å². The highest BCUT2D eigenvalue weighted by Gasteiger charge is 2.13. The lowest BCUT2D eigenvalue weighted by Crippen LogP contribution is -2.18. The lowest BCUT2D eigenvalue weighted by Gasteiger charge is -2.03. The summed E-state index contributed by atoms with van der Waals surface area (Å²) < 4.78 is 1.30. The molecule has 0 unspecified atom stereocenters. The number of nitrogens with one attached hydrogen (secondary N) is 1. The van der Waals surface area contributed by atoms with Crippen LogP contribution < -0.4 is 5.32 Å². The Hall–Kier alpha value is -2.41. The molecule has 2 heterocycles. The van der Waals surface area contributed by atoms with Crippen LogP contribution in [0.15, 0.2) is 24.5 Å². The first kappa shape index (κ1) is 13.0. The number of rotatable bonds is 3. The number of carbonyl (C=O) groups is 2. The number of aromatic nitrogens is 3. The molecule has 1 amide bonds. The Kier molecular flexibility index (Phi) is 3.48. The van der Waals surface area contributed by atoms with E-state index in [2.05, 4.69) is 15.4 Å². The number of aromatic carboxylic acids is 1. The number of amides is 1. The minimum atomic E-state index is -1.16. The van der Waals surface area contributed by atoms with Crippen LogP contribution in [-0.4, -0.2) is 38.8 Å². The van der Waals surface area contributed by atoms with Gasteiger partial charge in [0.25, 0.3) is 5.91 Å². The van der Waals surface area contributed by atoms with E-state index in [1.807, 2.05) is 0 Å². The van der Waals surface area contributed by atoms with Gasteiger partial charge in [0, 0.05) is 19.4 Å². The van der Waals surface area contributed by atoms with Crippen LogP contribution in [0.3, 0.4) is 0 Å². The number of nitrogens with zero attached hydrogens (tertiary/aromatic N) is 3. The summed E-state index contributed by atoms with van der Waals surface area (Å²) in [4.78, 5) is 26.3. The Morgan fingerprint density at radius 2 is 2.21 bits per heavy atom. The second-order valence-corrected chi connectivity index (χ2v) is 3.96. The first-order valence-corrected chi connectivity index (χ1v) is 5.57. The van der Waals surface area contributed by atoms with Gasteiger partial charge in [0.1, 0.15) is 0 Å². The topological polar surface area (TPSA) is 97.1 Å². The van der Waals surface area contributed by atoms with Gasteiger partial charge in [-0.1, -0.05) is 11.6 Å². The maximum absolute atomic E-state index is 11.4. The predicted octanol–water partition coefficient (Wildman–Crippen LogP) is 0.979. The molecule has 0 aromatic carbocycles. The minimum Gasteiger partial charge on any atom is -0.478 e. The van der Waals surface area contributed by atoms with Crippen molar-refractivity contribution in [2.45, 2.75) is 0 Å². The van der Waals surface area contributed by atoms with Crippen molar-refractivity contribution in [1.82, 2.24) is 20.1 Å². The van der Waals surface area contributed by atoms with Crippen LogP contribution in [0.25, 0.3) is 5.82 Å². The molecule has 0 aliphatic carbocycles. The molecule has 0 aliphatic rings. The molecule has 7 nitrogen and oxygen atoms in total. The number of hydrogen-bond donors (Lipinski definition) is 2. The Morgan fingerprint density at radius 1 is 1.47 bits per heavy atom. The van der Waals surface area contributed by atoms with E-state index in [0.29, 0.717) is 0 Å². The third-order valence-corrected chi connectivity index (χ3v) is 2.66.